The molecule has 3 N–H and O–H groups in total. The first kappa shape index (κ1) is 10.4. The first-order valence-electron chi connectivity index (χ1n) is 5.90. The Morgan fingerprint density at radius 1 is 1.00 bits per heavy atom. The van der Waals surface area contributed by atoms with E-state index in [2.05, 4.69) is 17.6 Å². The van der Waals surface area contributed by atoms with Crippen molar-refractivity contribution in [3.05, 3.63) is 0 Å². The highest BCUT2D eigenvalue weighted by Gasteiger charge is 2.28. The van der Waals surface area contributed by atoms with E-state index in [1.807, 2.05) is 0 Å². The molecular weight excluding hydrogens is 176 g/mol. The van der Waals surface area contributed by atoms with Gasteiger partial charge in [0.2, 0.25) is 0 Å². The van der Waals surface area contributed by atoms with Crippen LogP contribution in [-0.2, 0) is 0 Å². The number of hydrogen-bond donors (Lipinski definition) is 3. The van der Waals surface area contributed by atoms with Crippen molar-refractivity contribution in [2.24, 2.45) is 11.8 Å². The standard InChI is InChI=1S/C11H22N2O/c1-8-6-12-11(13-7-8)9-2-4-10(14)5-3-9/h8-14H,2-7H2,1H3. The van der Waals surface area contributed by atoms with E-state index < -0.39 is 0 Å². The van der Waals surface area contributed by atoms with Gasteiger partial charge in [0.1, 0.15) is 0 Å². The number of rotatable bonds is 1. The smallest absolute Gasteiger partial charge is 0.0600 e. The minimum absolute atomic E-state index is 0.0336. The Hall–Kier alpha value is -0.120. The lowest BCUT2D eigenvalue weighted by molar-refractivity contribution is 0.0859. The van der Waals surface area contributed by atoms with Gasteiger partial charge in [-0.15, -0.1) is 0 Å². The molecule has 1 saturated heterocycles. The van der Waals surface area contributed by atoms with Gasteiger partial charge in [0.15, 0.2) is 0 Å². The number of aliphatic hydroxyl groups excluding tert-OH is 1. The summed E-state index contributed by atoms with van der Waals surface area (Å²) in [6.07, 6.45) is 4.77. The summed E-state index contributed by atoms with van der Waals surface area (Å²) in [5, 5.41) is 16.5. The van der Waals surface area contributed by atoms with Crippen molar-refractivity contribution in [3.8, 4) is 0 Å². The predicted molar refractivity (Wildman–Crippen MR) is 56.9 cm³/mol. The van der Waals surface area contributed by atoms with Crippen LogP contribution < -0.4 is 10.6 Å². The molecule has 1 aliphatic carbocycles. The molecule has 1 saturated carbocycles. The van der Waals surface area contributed by atoms with Crippen LogP contribution >= 0.6 is 0 Å². The maximum atomic E-state index is 9.43. The van der Waals surface area contributed by atoms with E-state index in [1.54, 1.807) is 0 Å². The van der Waals surface area contributed by atoms with Crippen LogP contribution in [0.3, 0.4) is 0 Å². The lowest BCUT2D eigenvalue weighted by atomic mass is 9.84. The van der Waals surface area contributed by atoms with Gasteiger partial charge in [0.25, 0.3) is 0 Å². The molecule has 2 aliphatic rings. The van der Waals surface area contributed by atoms with Gasteiger partial charge in [0.05, 0.1) is 12.3 Å². The van der Waals surface area contributed by atoms with Crippen molar-refractivity contribution in [2.45, 2.75) is 44.9 Å². The van der Waals surface area contributed by atoms with Crippen molar-refractivity contribution in [3.63, 3.8) is 0 Å². The number of hydrogen-bond acceptors (Lipinski definition) is 3. The van der Waals surface area contributed by atoms with Crippen molar-refractivity contribution in [2.75, 3.05) is 13.1 Å². The molecule has 3 nitrogen and oxygen atoms in total. The molecule has 0 spiro atoms. The quantitative estimate of drug-likeness (QED) is 0.581. The van der Waals surface area contributed by atoms with Crippen LogP contribution in [0.25, 0.3) is 0 Å². The van der Waals surface area contributed by atoms with Crippen LogP contribution in [0.5, 0.6) is 0 Å². The Balaban J connectivity index is 1.78. The summed E-state index contributed by atoms with van der Waals surface area (Å²) in [6.45, 7) is 4.54. The fourth-order valence-corrected chi connectivity index (χ4v) is 2.57. The van der Waals surface area contributed by atoms with Crippen LogP contribution in [0.1, 0.15) is 32.6 Å². The third-order valence-electron chi connectivity index (χ3n) is 3.59. The largest absolute Gasteiger partial charge is 0.393 e. The topological polar surface area (TPSA) is 44.3 Å². The second-order valence-electron chi connectivity index (χ2n) is 4.97. The minimum Gasteiger partial charge on any atom is -0.393 e. The Morgan fingerprint density at radius 3 is 2.14 bits per heavy atom. The number of nitrogens with one attached hydrogen (secondary N) is 2. The highest BCUT2D eigenvalue weighted by molar-refractivity contribution is 4.84. The van der Waals surface area contributed by atoms with Gasteiger partial charge >= 0.3 is 0 Å². The van der Waals surface area contributed by atoms with Gasteiger partial charge in [0, 0.05) is 13.1 Å². The second-order valence-corrected chi connectivity index (χ2v) is 4.97. The Kier molecular flexibility index (Phi) is 3.42. The zero-order valence-electron chi connectivity index (χ0n) is 9.00. The fraction of sp³-hybridized carbons (Fsp3) is 1.00. The molecule has 2 rings (SSSR count). The van der Waals surface area contributed by atoms with Gasteiger partial charge < -0.3 is 15.7 Å². The summed E-state index contributed by atoms with van der Waals surface area (Å²) in [6, 6.07) is 0. The molecule has 1 aliphatic heterocycles. The van der Waals surface area contributed by atoms with E-state index in [9.17, 15) is 5.11 Å². The van der Waals surface area contributed by atoms with E-state index >= 15 is 0 Å². The fourth-order valence-electron chi connectivity index (χ4n) is 2.57. The van der Waals surface area contributed by atoms with Gasteiger partial charge in [-0.2, -0.15) is 0 Å². The summed E-state index contributed by atoms with van der Waals surface area (Å²) in [5.74, 6) is 1.48. The molecule has 3 heteroatoms. The van der Waals surface area contributed by atoms with Gasteiger partial charge in [-0.05, 0) is 37.5 Å². The Morgan fingerprint density at radius 2 is 1.57 bits per heavy atom. The van der Waals surface area contributed by atoms with E-state index in [-0.39, 0.29) is 6.10 Å². The minimum atomic E-state index is -0.0336. The van der Waals surface area contributed by atoms with Crippen LogP contribution in [0.4, 0.5) is 0 Å². The zero-order chi connectivity index (χ0) is 9.97. The summed E-state index contributed by atoms with van der Waals surface area (Å²) >= 11 is 0. The van der Waals surface area contributed by atoms with E-state index in [0.29, 0.717) is 6.17 Å². The number of aliphatic hydroxyl groups is 1. The van der Waals surface area contributed by atoms with E-state index in [1.165, 1.54) is 12.8 Å². The molecule has 0 aromatic carbocycles. The molecule has 82 valence electrons. The molecule has 0 amide bonds. The molecule has 0 aromatic rings. The van der Waals surface area contributed by atoms with Gasteiger partial charge in [-0.25, -0.2) is 0 Å². The zero-order valence-corrected chi connectivity index (χ0v) is 9.00. The predicted octanol–water partition coefficient (Wildman–Crippen LogP) is 0.692. The van der Waals surface area contributed by atoms with Crippen molar-refractivity contribution >= 4 is 0 Å². The third-order valence-corrected chi connectivity index (χ3v) is 3.59. The summed E-state index contributed by atoms with van der Waals surface area (Å²) in [4.78, 5) is 0. The lowest BCUT2D eigenvalue weighted by Crippen LogP contribution is -2.56. The summed E-state index contributed by atoms with van der Waals surface area (Å²) < 4.78 is 0. The average molecular weight is 198 g/mol. The molecular formula is C11H22N2O. The van der Waals surface area contributed by atoms with Gasteiger partial charge in [-0.3, -0.25) is 0 Å². The average Bonchev–Trinajstić information content (AvgIpc) is 2.21. The van der Waals surface area contributed by atoms with Crippen molar-refractivity contribution in [1.29, 1.82) is 0 Å². The SMILES string of the molecule is CC1CNC(C2CCC(O)CC2)NC1. The van der Waals surface area contributed by atoms with Crippen LogP contribution in [0, 0.1) is 11.8 Å². The molecule has 0 unspecified atom stereocenters. The second kappa shape index (κ2) is 4.60. The Labute approximate surface area is 86.3 Å². The summed E-state index contributed by atoms with van der Waals surface area (Å²) in [7, 11) is 0. The normalized spacial score (nSPS) is 45.0. The monoisotopic (exact) mass is 198 g/mol. The molecule has 0 bridgehead atoms. The molecule has 0 atom stereocenters. The van der Waals surface area contributed by atoms with Crippen LogP contribution in [0.15, 0.2) is 0 Å². The van der Waals surface area contributed by atoms with E-state index in [4.69, 9.17) is 0 Å². The van der Waals surface area contributed by atoms with Crippen LogP contribution in [0.2, 0.25) is 0 Å². The van der Waals surface area contributed by atoms with Crippen molar-refractivity contribution in [1.82, 2.24) is 10.6 Å². The lowest BCUT2D eigenvalue weighted by Gasteiger charge is -2.37. The first-order valence-corrected chi connectivity index (χ1v) is 5.90. The summed E-state index contributed by atoms with van der Waals surface area (Å²) in [5.41, 5.74) is 0. The third kappa shape index (κ3) is 2.47. The van der Waals surface area contributed by atoms with Crippen LogP contribution in [-0.4, -0.2) is 30.5 Å². The molecule has 2 fully saturated rings. The highest BCUT2D eigenvalue weighted by Crippen LogP contribution is 2.26. The molecule has 0 radical (unpaired) electrons. The molecule has 14 heavy (non-hydrogen) atoms. The maximum Gasteiger partial charge on any atom is 0.0600 e. The molecule has 1 heterocycles. The highest BCUT2D eigenvalue weighted by atomic mass is 16.3. The van der Waals surface area contributed by atoms with E-state index in [0.717, 1.165) is 37.8 Å². The van der Waals surface area contributed by atoms with Crippen molar-refractivity contribution < 1.29 is 5.11 Å². The first-order chi connectivity index (χ1) is 6.75. The molecule has 0 aromatic heterocycles. The Bertz CT molecular complexity index is 150. The maximum absolute atomic E-state index is 9.43. The van der Waals surface area contributed by atoms with Gasteiger partial charge in [-0.1, -0.05) is 6.92 Å².